The molecule has 0 amide bonds. The summed E-state index contributed by atoms with van der Waals surface area (Å²) >= 11 is 0. The Kier molecular flexibility index (Phi) is 4.33. The second-order valence-corrected chi connectivity index (χ2v) is 5.55. The number of rotatable bonds is 5. The lowest BCUT2D eigenvalue weighted by atomic mass is 9.87. The normalized spacial score (nSPS) is 18.9. The average Bonchev–Trinajstić information content (AvgIpc) is 2.98. The minimum Gasteiger partial charge on any atom is -0.396 e. The molecule has 2 rings (SSSR count). The van der Waals surface area contributed by atoms with Crippen molar-refractivity contribution >= 4 is 0 Å². The van der Waals surface area contributed by atoms with E-state index >= 15 is 0 Å². The van der Waals surface area contributed by atoms with Gasteiger partial charge in [0.25, 0.3) is 5.82 Å². The van der Waals surface area contributed by atoms with Crippen molar-refractivity contribution < 1.29 is 22.8 Å². The van der Waals surface area contributed by atoms with Crippen LogP contribution >= 0.6 is 0 Å². The van der Waals surface area contributed by atoms with Gasteiger partial charge >= 0.3 is 6.18 Å². The Morgan fingerprint density at radius 3 is 2.50 bits per heavy atom. The molecule has 0 unspecified atom stereocenters. The molecule has 0 radical (unpaired) electrons. The lowest BCUT2D eigenvalue weighted by molar-refractivity contribution is -0.146. The topological polar surface area (TPSA) is 62.4 Å². The van der Waals surface area contributed by atoms with E-state index in [-0.39, 0.29) is 24.5 Å². The molecule has 114 valence electrons. The zero-order valence-corrected chi connectivity index (χ0v) is 11.3. The van der Waals surface area contributed by atoms with Crippen molar-refractivity contribution in [2.75, 3.05) is 20.2 Å². The number of nitrogens with zero attached hydrogens (tertiary/aromatic N) is 3. The van der Waals surface area contributed by atoms with Crippen LogP contribution in [-0.4, -0.2) is 40.3 Å². The van der Waals surface area contributed by atoms with E-state index in [4.69, 9.17) is 0 Å². The fourth-order valence-corrected chi connectivity index (χ4v) is 2.78. The van der Waals surface area contributed by atoms with Crippen molar-refractivity contribution in [1.29, 1.82) is 0 Å². The summed E-state index contributed by atoms with van der Waals surface area (Å²) < 4.78 is 41.7. The molecule has 0 atom stereocenters. The molecule has 1 aromatic heterocycles. The molecule has 1 fully saturated rings. The third-order valence-electron chi connectivity index (χ3n) is 3.73. The lowest BCUT2D eigenvalue weighted by Gasteiger charge is -2.31. The van der Waals surface area contributed by atoms with Gasteiger partial charge in [-0.15, -0.1) is 0 Å². The van der Waals surface area contributed by atoms with Crippen LogP contribution in [0.15, 0.2) is 4.52 Å². The predicted molar refractivity (Wildman–Crippen MR) is 63.6 cm³/mol. The highest BCUT2D eigenvalue weighted by Gasteiger charge is 2.38. The maximum atomic E-state index is 12.4. The van der Waals surface area contributed by atoms with Gasteiger partial charge in [0.05, 0.1) is 6.54 Å². The second kappa shape index (κ2) is 5.69. The van der Waals surface area contributed by atoms with Gasteiger partial charge in [-0.25, -0.2) is 0 Å². The SMILES string of the molecule is CN(Cc1nc(C(F)(F)F)no1)CC1(CO)CCCC1. The summed E-state index contributed by atoms with van der Waals surface area (Å²) in [7, 11) is 1.77. The largest absolute Gasteiger partial charge is 0.455 e. The van der Waals surface area contributed by atoms with E-state index in [0.717, 1.165) is 25.7 Å². The van der Waals surface area contributed by atoms with Crippen LogP contribution in [0, 0.1) is 5.41 Å². The van der Waals surface area contributed by atoms with Gasteiger partial charge < -0.3 is 9.63 Å². The summed E-state index contributed by atoms with van der Waals surface area (Å²) in [6, 6.07) is 0. The molecular weight excluding hydrogens is 275 g/mol. The first-order valence-electron chi connectivity index (χ1n) is 6.54. The van der Waals surface area contributed by atoms with Crippen LogP contribution in [0.4, 0.5) is 13.2 Å². The molecule has 1 aromatic rings. The van der Waals surface area contributed by atoms with Gasteiger partial charge in [-0.1, -0.05) is 18.0 Å². The number of aliphatic hydroxyl groups excluding tert-OH is 1. The zero-order chi connectivity index (χ0) is 14.8. The summed E-state index contributed by atoms with van der Waals surface area (Å²) in [4.78, 5) is 5.15. The highest BCUT2D eigenvalue weighted by molar-refractivity contribution is 4.92. The summed E-state index contributed by atoms with van der Waals surface area (Å²) in [5.41, 5.74) is -0.151. The van der Waals surface area contributed by atoms with E-state index in [9.17, 15) is 18.3 Å². The number of halogens is 3. The average molecular weight is 293 g/mol. The van der Waals surface area contributed by atoms with Crippen molar-refractivity contribution in [1.82, 2.24) is 15.0 Å². The predicted octanol–water partition coefficient (Wildman–Crippen LogP) is 2.07. The summed E-state index contributed by atoms with van der Waals surface area (Å²) in [6.45, 7) is 0.840. The van der Waals surface area contributed by atoms with Crippen LogP contribution < -0.4 is 0 Å². The van der Waals surface area contributed by atoms with Gasteiger partial charge in [-0.2, -0.15) is 18.2 Å². The Balaban J connectivity index is 1.94. The van der Waals surface area contributed by atoms with Gasteiger partial charge in [0.15, 0.2) is 0 Å². The molecule has 1 aliphatic carbocycles. The van der Waals surface area contributed by atoms with Crippen molar-refractivity contribution in [2.45, 2.75) is 38.4 Å². The van der Waals surface area contributed by atoms with Gasteiger partial charge in [0.2, 0.25) is 5.89 Å². The van der Waals surface area contributed by atoms with Crippen LogP contribution in [0.5, 0.6) is 0 Å². The Labute approximate surface area is 114 Å². The molecule has 1 heterocycles. The molecule has 20 heavy (non-hydrogen) atoms. The third-order valence-corrected chi connectivity index (χ3v) is 3.73. The Morgan fingerprint density at radius 2 is 2.00 bits per heavy atom. The molecule has 0 aliphatic heterocycles. The molecule has 8 heteroatoms. The van der Waals surface area contributed by atoms with Crippen LogP contribution in [0.25, 0.3) is 0 Å². The van der Waals surface area contributed by atoms with Crippen LogP contribution in [-0.2, 0) is 12.7 Å². The van der Waals surface area contributed by atoms with E-state index in [2.05, 4.69) is 14.7 Å². The van der Waals surface area contributed by atoms with Gasteiger partial charge in [-0.3, -0.25) is 4.90 Å². The smallest absolute Gasteiger partial charge is 0.396 e. The van der Waals surface area contributed by atoms with Crippen molar-refractivity contribution in [3.63, 3.8) is 0 Å². The fourth-order valence-electron chi connectivity index (χ4n) is 2.78. The van der Waals surface area contributed by atoms with Crippen molar-refractivity contribution in [3.8, 4) is 0 Å². The van der Waals surface area contributed by atoms with Crippen molar-refractivity contribution in [3.05, 3.63) is 11.7 Å². The lowest BCUT2D eigenvalue weighted by Crippen LogP contribution is -2.36. The van der Waals surface area contributed by atoms with Crippen LogP contribution in [0.2, 0.25) is 0 Å². The Morgan fingerprint density at radius 1 is 1.35 bits per heavy atom. The number of hydrogen-bond donors (Lipinski definition) is 1. The number of hydrogen-bond acceptors (Lipinski definition) is 5. The molecule has 5 nitrogen and oxygen atoms in total. The van der Waals surface area contributed by atoms with E-state index in [1.54, 1.807) is 7.05 Å². The molecule has 0 aromatic carbocycles. The summed E-state index contributed by atoms with van der Waals surface area (Å²) in [5.74, 6) is -1.32. The van der Waals surface area contributed by atoms with Gasteiger partial charge in [-0.05, 0) is 19.9 Å². The summed E-state index contributed by atoms with van der Waals surface area (Å²) in [5, 5.41) is 12.4. The molecule has 0 spiro atoms. The van der Waals surface area contributed by atoms with E-state index in [1.165, 1.54) is 0 Å². The van der Waals surface area contributed by atoms with Gasteiger partial charge in [0.1, 0.15) is 0 Å². The highest BCUT2D eigenvalue weighted by atomic mass is 19.4. The van der Waals surface area contributed by atoms with Crippen LogP contribution in [0.1, 0.15) is 37.4 Å². The molecule has 0 saturated heterocycles. The van der Waals surface area contributed by atoms with E-state index in [1.807, 2.05) is 4.90 Å². The standard InChI is InChI=1S/C12H18F3N3O2/c1-18(7-11(8-19)4-2-3-5-11)6-9-16-10(17-20-9)12(13,14)15/h19H,2-8H2,1H3. The second-order valence-electron chi connectivity index (χ2n) is 5.55. The van der Waals surface area contributed by atoms with Gasteiger partial charge in [0, 0.05) is 18.6 Å². The number of alkyl halides is 3. The number of aliphatic hydroxyl groups is 1. The zero-order valence-electron chi connectivity index (χ0n) is 11.3. The first-order chi connectivity index (χ1) is 9.35. The maximum absolute atomic E-state index is 12.4. The maximum Gasteiger partial charge on any atom is 0.455 e. The highest BCUT2D eigenvalue weighted by Crippen LogP contribution is 2.38. The number of aromatic nitrogens is 2. The molecule has 0 bridgehead atoms. The molecule has 1 N–H and O–H groups in total. The quantitative estimate of drug-likeness (QED) is 0.900. The van der Waals surface area contributed by atoms with Crippen LogP contribution in [0.3, 0.4) is 0 Å². The minimum atomic E-state index is -4.59. The molecule has 1 saturated carbocycles. The minimum absolute atomic E-state index is 0.0640. The first kappa shape index (κ1) is 15.2. The molecule has 1 aliphatic rings. The molecular formula is C12H18F3N3O2. The van der Waals surface area contributed by atoms with Crippen molar-refractivity contribution in [2.24, 2.45) is 5.41 Å². The summed E-state index contributed by atoms with van der Waals surface area (Å²) in [6.07, 6.45) is -0.560. The monoisotopic (exact) mass is 293 g/mol. The first-order valence-corrected chi connectivity index (χ1v) is 6.54. The third kappa shape index (κ3) is 3.49. The Bertz CT molecular complexity index is 441. The van der Waals surface area contributed by atoms with E-state index < -0.39 is 12.0 Å². The fraction of sp³-hybridized carbons (Fsp3) is 0.833. The van der Waals surface area contributed by atoms with E-state index in [0.29, 0.717) is 6.54 Å². The Hall–Kier alpha value is -1.15.